The van der Waals surface area contributed by atoms with Crippen molar-refractivity contribution in [3.63, 3.8) is 0 Å². The molecule has 1 aliphatic heterocycles. The Morgan fingerprint density at radius 2 is 2.03 bits per heavy atom. The van der Waals surface area contributed by atoms with Crippen LogP contribution < -0.4 is 14.9 Å². The number of nitrogens with zero attached hydrogens (tertiary/aromatic N) is 3. The first-order chi connectivity index (χ1) is 15.8. The van der Waals surface area contributed by atoms with Crippen LogP contribution in [0.1, 0.15) is 11.1 Å². The zero-order valence-corrected chi connectivity index (χ0v) is 18.7. The molecule has 0 radical (unpaired) electrons. The van der Waals surface area contributed by atoms with Crippen molar-refractivity contribution in [2.24, 2.45) is 10.1 Å². The Hall–Kier alpha value is -3.49. The maximum atomic E-state index is 11.7. The van der Waals surface area contributed by atoms with Crippen LogP contribution >= 0.6 is 22.7 Å². The highest BCUT2D eigenvalue weighted by Gasteiger charge is 2.17. The lowest BCUT2D eigenvalue weighted by Gasteiger charge is -2.18. The Bertz CT molecular complexity index is 1320. The molecular formula is C24H20N4O2S2. The van der Waals surface area contributed by atoms with Gasteiger partial charge in [0.1, 0.15) is 5.75 Å². The first-order valence-corrected chi connectivity index (χ1v) is 12.0. The van der Waals surface area contributed by atoms with Gasteiger partial charge in [-0.05, 0) is 47.0 Å². The topological polar surface area (TPSA) is 68.0 Å². The average Bonchev–Trinajstić information content (AvgIpc) is 3.48. The highest BCUT2D eigenvalue weighted by molar-refractivity contribution is 7.08. The van der Waals surface area contributed by atoms with Gasteiger partial charge in [0.25, 0.3) is 5.91 Å². The smallest absolute Gasteiger partial charge is 0.262 e. The Kier molecular flexibility index (Phi) is 5.96. The molecule has 5 rings (SSSR count). The number of amides is 1. The Labute approximate surface area is 193 Å². The molecule has 0 unspecified atom stereocenters. The van der Waals surface area contributed by atoms with Crippen LogP contribution in [-0.2, 0) is 11.2 Å². The van der Waals surface area contributed by atoms with E-state index in [1.165, 1.54) is 5.56 Å². The van der Waals surface area contributed by atoms with Gasteiger partial charge in [-0.15, -0.1) is 11.3 Å². The van der Waals surface area contributed by atoms with Crippen LogP contribution in [0.4, 0.5) is 5.69 Å². The van der Waals surface area contributed by atoms with E-state index in [9.17, 15) is 4.79 Å². The van der Waals surface area contributed by atoms with Crippen molar-refractivity contribution in [3.05, 3.63) is 86.7 Å². The van der Waals surface area contributed by atoms with Crippen LogP contribution in [0.3, 0.4) is 0 Å². The monoisotopic (exact) mass is 460 g/mol. The maximum Gasteiger partial charge on any atom is 0.262 e. The van der Waals surface area contributed by atoms with Crippen LogP contribution in [0.25, 0.3) is 11.3 Å². The molecule has 0 atom stereocenters. The third-order valence-corrected chi connectivity index (χ3v) is 6.50. The summed E-state index contributed by atoms with van der Waals surface area (Å²) in [6.45, 7) is 0.714. The van der Waals surface area contributed by atoms with Gasteiger partial charge in [-0.1, -0.05) is 30.3 Å². The van der Waals surface area contributed by atoms with Crippen molar-refractivity contribution in [3.8, 4) is 17.0 Å². The Morgan fingerprint density at radius 3 is 2.88 bits per heavy atom. The summed E-state index contributed by atoms with van der Waals surface area (Å²) in [6.07, 6.45) is 2.71. The number of ether oxygens (including phenoxy) is 1. The predicted molar refractivity (Wildman–Crippen MR) is 130 cm³/mol. The minimum Gasteiger partial charge on any atom is -0.482 e. The van der Waals surface area contributed by atoms with Gasteiger partial charge in [0.05, 0.1) is 17.6 Å². The van der Waals surface area contributed by atoms with Crippen LogP contribution in [-0.4, -0.2) is 29.9 Å². The molecule has 1 amide bonds. The van der Waals surface area contributed by atoms with Gasteiger partial charge in [0, 0.05) is 23.1 Å². The maximum absolute atomic E-state index is 11.7. The summed E-state index contributed by atoms with van der Waals surface area (Å²) in [5.41, 5.74) is 4.80. The SMILES string of the molecule is O=C1COc2ccc(-c3csc(=NCCc4ccccc4)n3N=Cc3ccsc3)cc2N1. The number of hydrogen-bond donors (Lipinski definition) is 1. The fraction of sp³-hybridized carbons (Fsp3) is 0.125. The zero-order chi connectivity index (χ0) is 21.8. The molecule has 4 aromatic rings. The van der Waals surface area contributed by atoms with Gasteiger partial charge in [-0.25, -0.2) is 4.68 Å². The summed E-state index contributed by atoms with van der Waals surface area (Å²) in [4.78, 5) is 17.4. The van der Waals surface area contributed by atoms with E-state index in [0.29, 0.717) is 18.0 Å². The molecule has 0 bridgehead atoms. The number of fused-ring (bicyclic) bond motifs is 1. The van der Waals surface area contributed by atoms with Gasteiger partial charge in [-0.3, -0.25) is 9.79 Å². The molecule has 32 heavy (non-hydrogen) atoms. The van der Waals surface area contributed by atoms with Gasteiger partial charge < -0.3 is 10.1 Å². The number of carbonyl (C=O) groups excluding carboxylic acids is 1. The van der Waals surface area contributed by atoms with E-state index < -0.39 is 0 Å². The number of nitrogens with one attached hydrogen (secondary N) is 1. The second kappa shape index (κ2) is 9.33. The summed E-state index contributed by atoms with van der Waals surface area (Å²) in [7, 11) is 0. The average molecular weight is 461 g/mol. The van der Waals surface area contributed by atoms with E-state index in [2.05, 4.69) is 17.4 Å². The number of hydrogen-bond acceptors (Lipinski definition) is 6. The quantitative estimate of drug-likeness (QED) is 0.426. The number of thiophene rings is 1. The lowest BCUT2D eigenvalue weighted by Crippen LogP contribution is -2.25. The van der Waals surface area contributed by atoms with Crippen molar-refractivity contribution in [1.29, 1.82) is 0 Å². The summed E-state index contributed by atoms with van der Waals surface area (Å²) >= 11 is 3.18. The molecule has 0 saturated heterocycles. The van der Waals surface area contributed by atoms with Crippen LogP contribution in [0.2, 0.25) is 0 Å². The lowest BCUT2D eigenvalue weighted by atomic mass is 10.1. The van der Waals surface area contributed by atoms with Gasteiger partial charge in [0.2, 0.25) is 4.80 Å². The first-order valence-electron chi connectivity index (χ1n) is 10.1. The number of rotatable bonds is 6. The molecule has 160 valence electrons. The summed E-state index contributed by atoms with van der Waals surface area (Å²) in [5, 5.41) is 13.7. The van der Waals surface area contributed by atoms with Gasteiger partial charge in [0.15, 0.2) is 6.61 Å². The summed E-state index contributed by atoms with van der Waals surface area (Å²) in [5.74, 6) is 0.518. The van der Waals surface area contributed by atoms with E-state index in [1.54, 1.807) is 22.7 Å². The molecular weight excluding hydrogens is 440 g/mol. The molecule has 0 aliphatic carbocycles. The first kappa shape index (κ1) is 20.4. The van der Waals surface area contributed by atoms with Crippen LogP contribution in [0, 0.1) is 0 Å². The van der Waals surface area contributed by atoms with E-state index in [0.717, 1.165) is 28.0 Å². The number of carbonyl (C=O) groups is 1. The van der Waals surface area contributed by atoms with Crippen molar-refractivity contribution >= 4 is 40.5 Å². The molecule has 8 heteroatoms. The molecule has 3 heterocycles. The van der Waals surface area contributed by atoms with E-state index in [4.69, 9.17) is 14.8 Å². The second-order valence-corrected chi connectivity index (χ2v) is 8.80. The van der Waals surface area contributed by atoms with Crippen molar-refractivity contribution in [1.82, 2.24) is 4.68 Å². The molecule has 0 saturated carbocycles. The summed E-state index contributed by atoms with van der Waals surface area (Å²) in [6, 6.07) is 18.1. The number of benzene rings is 2. The Morgan fingerprint density at radius 1 is 1.12 bits per heavy atom. The van der Waals surface area contributed by atoms with E-state index in [1.807, 2.05) is 69.5 Å². The fourth-order valence-corrected chi connectivity index (χ4v) is 4.83. The zero-order valence-electron chi connectivity index (χ0n) is 17.1. The molecule has 2 aromatic carbocycles. The molecule has 2 aromatic heterocycles. The largest absolute Gasteiger partial charge is 0.482 e. The number of thiazole rings is 1. The number of aromatic nitrogens is 1. The minimum absolute atomic E-state index is 0.0418. The highest BCUT2D eigenvalue weighted by Crippen LogP contribution is 2.32. The standard InChI is InChI=1S/C24H20N4O2S2/c29-23-14-30-22-7-6-19(12-20(22)27-23)21-16-32-24(25-10-8-17-4-2-1-3-5-17)28(21)26-13-18-9-11-31-15-18/h1-7,9,11-13,15-16H,8,10,14H2,(H,27,29). The van der Waals surface area contributed by atoms with Gasteiger partial charge >= 0.3 is 0 Å². The highest BCUT2D eigenvalue weighted by atomic mass is 32.1. The third-order valence-electron chi connectivity index (χ3n) is 4.95. The van der Waals surface area contributed by atoms with Gasteiger partial charge in [-0.2, -0.15) is 16.4 Å². The Balaban J connectivity index is 1.50. The molecule has 0 spiro atoms. The number of anilines is 1. The van der Waals surface area contributed by atoms with Crippen molar-refractivity contribution in [2.75, 3.05) is 18.5 Å². The molecule has 6 nitrogen and oxygen atoms in total. The fourth-order valence-electron chi connectivity index (χ4n) is 3.36. The normalized spacial score (nSPS) is 13.8. The van der Waals surface area contributed by atoms with E-state index in [-0.39, 0.29) is 12.5 Å². The molecule has 1 aliphatic rings. The molecule has 0 fully saturated rings. The van der Waals surface area contributed by atoms with Crippen molar-refractivity contribution in [2.45, 2.75) is 6.42 Å². The van der Waals surface area contributed by atoms with Crippen LogP contribution in [0.5, 0.6) is 5.75 Å². The van der Waals surface area contributed by atoms with Crippen molar-refractivity contribution < 1.29 is 9.53 Å². The third kappa shape index (κ3) is 4.56. The van der Waals surface area contributed by atoms with Crippen LogP contribution in [0.15, 0.2) is 80.8 Å². The lowest BCUT2D eigenvalue weighted by molar-refractivity contribution is -0.118. The second-order valence-electron chi connectivity index (χ2n) is 7.18. The van der Waals surface area contributed by atoms with E-state index >= 15 is 0 Å². The summed E-state index contributed by atoms with van der Waals surface area (Å²) < 4.78 is 7.35. The predicted octanol–water partition coefficient (Wildman–Crippen LogP) is 4.63. The molecule has 1 N–H and O–H groups in total. The minimum atomic E-state index is -0.153.